The van der Waals surface area contributed by atoms with Crippen LogP contribution in [0.2, 0.25) is 10.0 Å². The van der Waals surface area contributed by atoms with Gasteiger partial charge in [0.05, 0.1) is 16.3 Å². The van der Waals surface area contributed by atoms with Gasteiger partial charge < -0.3 is 5.21 Å². The molecule has 2 fully saturated rings. The lowest BCUT2D eigenvalue weighted by molar-refractivity contribution is 0.137. The number of oxime groups is 1. The quantitative estimate of drug-likeness (QED) is 0.425. The Kier molecular flexibility index (Phi) is 4.96. The third-order valence-corrected chi connectivity index (χ3v) is 6.93. The van der Waals surface area contributed by atoms with Crippen molar-refractivity contribution in [3.63, 3.8) is 0 Å². The number of benzene rings is 2. The molecular formula is C21H22Cl2N2O. The zero-order valence-corrected chi connectivity index (χ0v) is 16.2. The number of fused-ring (bicyclic) bond motifs is 2. The lowest BCUT2D eigenvalue weighted by atomic mass is 9.72. The lowest BCUT2D eigenvalue weighted by Crippen LogP contribution is -2.44. The second-order valence-electron chi connectivity index (χ2n) is 7.38. The van der Waals surface area contributed by atoms with Gasteiger partial charge in [0.25, 0.3) is 0 Å². The highest BCUT2D eigenvalue weighted by atomic mass is 35.5. The van der Waals surface area contributed by atoms with Gasteiger partial charge in [-0.05, 0) is 61.1 Å². The summed E-state index contributed by atoms with van der Waals surface area (Å²) in [5.41, 5.74) is 3.45. The van der Waals surface area contributed by atoms with Gasteiger partial charge in [-0.3, -0.25) is 4.90 Å². The Morgan fingerprint density at radius 3 is 2.69 bits per heavy atom. The van der Waals surface area contributed by atoms with Gasteiger partial charge in [0.1, 0.15) is 0 Å². The van der Waals surface area contributed by atoms with E-state index < -0.39 is 0 Å². The van der Waals surface area contributed by atoms with Crippen molar-refractivity contribution in [1.82, 2.24) is 4.90 Å². The summed E-state index contributed by atoms with van der Waals surface area (Å²) in [4.78, 5) is 2.53. The highest BCUT2D eigenvalue weighted by molar-refractivity contribution is 6.42. The molecule has 1 N–H and O–H groups in total. The number of nitrogens with zero attached hydrogens (tertiary/aromatic N) is 2. The average molecular weight is 389 g/mol. The van der Waals surface area contributed by atoms with Crippen LogP contribution in [0.5, 0.6) is 0 Å². The van der Waals surface area contributed by atoms with E-state index in [0.29, 0.717) is 34.0 Å². The average Bonchev–Trinajstić information content (AvgIpc) is 2.88. The first-order valence-electron chi connectivity index (χ1n) is 9.03. The first-order chi connectivity index (χ1) is 12.6. The minimum Gasteiger partial charge on any atom is -0.411 e. The molecule has 2 aromatic carbocycles. The molecule has 2 heterocycles. The Labute approximate surface area is 164 Å². The van der Waals surface area contributed by atoms with Crippen molar-refractivity contribution >= 4 is 29.4 Å². The van der Waals surface area contributed by atoms with Gasteiger partial charge in [-0.25, -0.2) is 0 Å². The van der Waals surface area contributed by atoms with Crippen LogP contribution < -0.4 is 0 Å². The highest BCUT2D eigenvalue weighted by Gasteiger charge is 2.46. The molecular weight excluding hydrogens is 367 g/mol. The van der Waals surface area contributed by atoms with Crippen molar-refractivity contribution in [1.29, 1.82) is 0 Å². The van der Waals surface area contributed by atoms with E-state index in [9.17, 15) is 0 Å². The molecule has 2 aromatic rings. The molecule has 0 spiro atoms. The SMILES string of the molecule is CN1[C@H]2CC[C@@H]1[C@H](c1ccccc1C=NO)[C@@H](c1ccc(Cl)c(Cl)c1)C2. The minimum absolute atomic E-state index is 0.324. The molecule has 2 aliphatic heterocycles. The Bertz CT molecular complexity index is 839. The van der Waals surface area contributed by atoms with E-state index in [0.717, 1.165) is 12.0 Å². The van der Waals surface area contributed by atoms with Crippen molar-refractivity contribution in [2.24, 2.45) is 5.16 Å². The van der Waals surface area contributed by atoms with E-state index in [4.69, 9.17) is 28.4 Å². The first kappa shape index (κ1) is 17.8. The smallest absolute Gasteiger partial charge is 0.0736 e. The zero-order valence-electron chi connectivity index (χ0n) is 14.6. The topological polar surface area (TPSA) is 35.8 Å². The number of hydrogen-bond donors (Lipinski definition) is 1. The van der Waals surface area contributed by atoms with E-state index in [1.807, 2.05) is 24.3 Å². The summed E-state index contributed by atoms with van der Waals surface area (Å²) in [6.45, 7) is 0. The predicted octanol–water partition coefficient (Wildman–Crippen LogP) is 5.54. The molecule has 0 amide bonds. The van der Waals surface area contributed by atoms with Crippen LogP contribution in [0.15, 0.2) is 47.6 Å². The molecule has 4 rings (SSSR count). The lowest BCUT2D eigenvalue weighted by Gasteiger charge is -2.44. The van der Waals surface area contributed by atoms with Crippen molar-refractivity contribution in [3.05, 3.63) is 69.2 Å². The van der Waals surface area contributed by atoms with Crippen LogP contribution >= 0.6 is 23.2 Å². The highest BCUT2D eigenvalue weighted by Crippen LogP contribution is 2.51. The largest absolute Gasteiger partial charge is 0.411 e. The molecule has 4 atom stereocenters. The fraction of sp³-hybridized carbons (Fsp3) is 0.381. The van der Waals surface area contributed by atoms with Crippen LogP contribution in [0, 0.1) is 0 Å². The van der Waals surface area contributed by atoms with Crippen LogP contribution in [0.3, 0.4) is 0 Å². The first-order valence-corrected chi connectivity index (χ1v) is 9.79. The Morgan fingerprint density at radius 2 is 1.92 bits per heavy atom. The normalized spacial score (nSPS) is 28.7. The maximum atomic E-state index is 9.10. The molecule has 0 unspecified atom stereocenters. The number of rotatable bonds is 3. The third-order valence-electron chi connectivity index (χ3n) is 6.19. The number of piperidine rings is 1. The molecule has 26 heavy (non-hydrogen) atoms. The maximum absolute atomic E-state index is 9.10. The Hall–Kier alpha value is -1.55. The fourth-order valence-electron chi connectivity index (χ4n) is 4.97. The third kappa shape index (κ3) is 3.02. The van der Waals surface area contributed by atoms with Crippen molar-refractivity contribution < 1.29 is 5.21 Å². The second-order valence-corrected chi connectivity index (χ2v) is 8.19. The van der Waals surface area contributed by atoms with E-state index in [1.54, 1.807) is 6.21 Å². The molecule has 2 aliphatic rings. The molecule has 0 saturated carbocycles. The summed E-state index contributed by atoms with van der Waals surface area (Å²) < 4.78 is 0. The summed E-state index contributed by atoms with van der Waals surface area (Å²) >= 11 is 12.5. The summed E-state index contributed by atoms with van der Waals surface area (Å²) in [5.74, 6) is 0.692. The zero-order chi connectivity index (χ0) is 18.3. The molecule has 2 saturated heterocycles. The number of hydrogen-bond acceptors (Lipinski definition) is 3. The van der Waals surface area contributed by atoms with Gasteiger partial charge in [-0.2, -0.15) is 0 Å². The molecule has 136 valence electrons. The molecule has 3 nitrogen and oxygen atoms in total. The minimum atomic E-state index is 0.324. The van der Waals surface area contributed by atoms with Gasteiger partial charge >= 0.3 is 0 Å². The summed E-state index contributed by atoms with van der Waals surface area (Å²) in [7, 11) is 2.24. The van der Waals surface area contributed by atoms with Crippen LogP contribution in [0.1, 0.15) is 47.8 Å². The van der Waals surface area contributed by atoms with E-state index in [2.05, 4.69) is 35.3 Å². The van der Waals surface area contributed by atoms with Crippen LogP contribution in [0.4, 0.5) is 0 Å². The molecule has 5 heteroatoms. The van der Waals surface area contributed by atoms with E-state index in [1.165, 1.54) is 24.0 Å². The standard InChI is InChI=1S/C21H22Cl2N2O/c1-25-15-7-9-20(25)21(16-5-3-2-4-14(16)12-24-26)17(11-15)13-6-8-18(22)19(23)10-13/h2-6,8,10,12,15,17,20-21,26H,7,9,11H2,1H3/t15-,17+,20+,21+/m0/s1. The van der Waals surface area contributed by atoms with Crippen molar-refractivity contribution in [3.8, 4) is 0 Å². The number of likely N-dealkylation sites (N-methyl/N-ethyl adjacent to an activating group) is 1. The number of halogens is 2. The van der Waals surface area contributed by atoms with Gasteiger partial charge in [0.2, 0.25) is 0 Å². The monoisotopic (exact) mass is 388 g/mol. The molecule has 2 bridgehead atoms. The van der Waals surface area contributed by atoms with Crippen molar-refractivity contribution in [2.75, 3.05) is 7.05 Å². The molecule has 0 radical (unpaired) electrons. The Morgan fingerprint density at radius 1 is 1.12 bits per heavy atom. The van der Waals surface area contributed by atoms with Crippen LogP contribution in [-0.2, 0) is 0 Å². The fourth-order valence-corrected chi connectivity index (χ4v) is 5.28. The summed E-state index contributed by atoms with van der Waals surface area (Å²) in [6, 6.07) is 15.3. The maximum Gasteiger partial charge on any atom is 0.0736 e. The predicted molar refractivity (Wildman–Crippen MR) is 107 cm³/mol. The van der Waals surface area contributed by atoms with E-state index in [-0.39, 0.29) is 0 Å². The van der Waals surface area contributed by atoms with Gasteiger partial charge in [-0.15, -0.1) is 0 Å². The summed E-state index contributed by atoms with van der Waals surface area (Å²) in [5, 5.41) is 13.6. The van der Waals surface area contributed by atoms with Crippen LogP contribution in [0.25, 0.3) is 0 Å². The van der Waals surface area contributed by atoms with Gasteiger partial charge in [0.15, 0.2) is 0 Å². The van der Waals surface area contributed by atoms with E-state index >= 15 is 0 Å². The van der Waals surface area contributed by atoms with Gasteiger partial charge in [-0.1, -0.05) is 58.7 Å². The molecule has 0 aromatic heterocycles. The van der Waals surface area contributed by atoms with Crippen LogP contribution in [-0.4, -0.2) is 35.5 Å². The Balaban J connectivity index is 1.83. The summed E-state index contributed by atoms with van der Waals surface area (Å²) in [6.07, 6.45) is 5.06. The second kappa shape index (κ2) is 7.22. The van der Waals surface area contributed by atoms with Gasteiger partial charge in [0, 0.05) is 18.0 Å². The van der Waals surface area contributed by atoms with Crippen molar-refractivity contribution in [2.45, 2.75) is 43.2 Å². The molecule has 0 aliphatic carbocycles.